The van der Waals surface area contributed by atoms with Gasteiger partial charge in [0.1, 0.15) is 5.60 Å². The van der Waals surface area contributed by atoms with Gasteiger partial charge in [0, 0.05) is 24.5 Å². The third kappa shape index (κ3) is 3.42. The van der Waals surface area contributed by atoms with Gasteiger partial charge in [0.15, 0.2) is 0 Å². The number of fused-ring (bicyclic) bond motifs is 2. The van der Waals surface area contributed by atoms with E-state index in [1.54, 1.807) is 4.90 Å². The van der Waals surface area contributed by atoms with Crippen molar-refractivity contribution in [3.8, 4) is 0 Å². The number of hydrogen-bond donors (Lipinski definition) is 2. The van der Waals surface area contributed by atoms with E-state index in [0.29, 0.717) is 18.9 Å². The molecule has 1 saturated carbocycles. The maximum atomic E-state index is 12.2. The van der Waals surface area contributed by atoms with Gasteiger partial charge < -0.3 is 21.1 Å². The molecule has 0 radical (unpaired) electrons. The Morgan fingerprint density at radius 3 is 2.55 bits per heavy atom. The van der Waals surface area contributed by atoms with Crippen molar-refractivity contribution >= 4 is 12.0 Å². The van der Waals surface area contributed by atoms with E-state index in [9.17, 15) is 9.59 Å². The molecule has 2 aliphatic rings. The SMILES string of the molecule is CC(C)(C)OC(=O)N1CC2CC1CC(N)(CC(N)=O)C2. The first-order chi connectivity index (χ1) is 9.08. The number of rotatable bonds is 2. The summed E-state index contributed by atoms with van der Waals surface area (Å²) >= 11 is 0. The molecule has 114 valence electrons. The third-order valence-electron chi connectivity index (χ3n) is 3.99. The fourth-order valence-corrected chi connectivity index (χ4v) is 3.52. The zero-order chi connectivity index (χ0) is 15.1. The summed E-state index contributed by atoms with van der Waals surface area (Å²) in [5.74, 6) is -0.0387. The number of nitrogens with zero attached hydrogens (tertiary/aromatic N) is 1. The second-order valence-corrected chi connectivity index (χ2v) is 7.30. The molecule has 2 fully saturated rings. The Morgan fingerprint density at radius 1 is 1.35 bits per heavy atom. The van der Waals surface area contributed by atoms with E-state index in [0.717, 1.165) is 12.8 Å². The molecule has 2 rings (SSSR count). The molecule has 1 aliphatic heterocycles. The summed E-state index contributed by atoms with van der Waals surface area (Å²) in [7, 11) is 0. The first kappa shape index (κ1) is 15.1. The zero-order valence-corrected chi connectivity index (χ0v) is 12.5. The number of ether oxygens (including phenoxy) is 1. The highest BCUT2D eigenvalue weighted by molar-refractivity contribution is 5.75. The van der Waals surface area contributed by atoms with E-state index < -0.39 is 11.1 Å². The Balaban J connectivity index is 2.04. The largest absolute Gasteiger partial charge is 0.444 e. The van der Waals surface area contributed by atoms with Crippen molar-refractivity contribution in [2.75, 3.05) is 6.54 Å². The Bertz CT molecular complexity index is 418. The molecule has 20 heavy (non-hydrogen) atoms. The molecule has 4 N–H and O–H groups in total. The molecule has 0 aromatic heterocycles. The lowest BCUT2D eigenvalue weighted by atomic mass is 9.74. The minimum absolute atomic E-state index is 0.0629. The Morgan fingerprint density at radius 2 is 2.00 bits per heavy atom. The average molecular weight is 283 g/mol. The van der Waals surface area contributed by atoms with Gasteiger partial charge in [-0.15, -0.1) is 0 Å². The van der Waals surface area contributed by atoms with Crippen LogP contribution in [0.2, 0.25) is 0 Å². The molecule has 6 heteroatoms. The van der Waals surface area contributed by atoms with Crippen molar-refractivity contribution < 1.29 is 14.3 Å². The Labute approximate surface area is 119 Å². The molecule has 2 bridgehead atoms. The van der Waals surface area contributed by atoms with Crippen molar-refractivity contribution in [2.45, 2.75) is 63.6 Å². The first-order valence-corrected chi connectivity index (χ1v) is 7.15. The van der Waals surface area contributed by atoms with Gasteiger partial charge in [-0.05, 0) is 46.0 Å². The Hall–Kier alpha value is -1.30. The second-order valence-electron chi connectivity index (χ2n) is 7.30. The predicted molar refractivity (Wildman–Crippen MR) is 74.8 cm³/mol. The van der Waals surface area contributed by atoms with Crippen molar-refractivity contribution in [3.63, 3.8) is 0 Å². The minimum atomic E-state index is -0.573. The van der Waals surface area contributed by atoms with Gasteiger partial charge in [-0.25, -0.2) is 4.79 Å². The van der Waals surface area contributed by atoms with Crippen LogP contribution in [0.25, 0.3) is 0 Å². The van der Waals surface area contributed by atoms with E-state index in [1.807, 2.05) is 20.8 Å². The van der Waals surface area contributed by atoms with Crippen molar-refractivity contribution in [3.05, 3.63) is 0 Å². The average Bonchev–Trinajstić information content (AvgIpc) is 2.49. The highest BCUT2D eigenvalue weighted by atomic mass is 16.6. The molecule has 0 spiro atoms. The number of primary amides is 1. The first-order valence-electron chi connectivity index (χ1n) is 7.15. The molecule has 1 heterocycles. The fraction of sp³-hybridized carbons (Fsp3) is 0.857. The van der Waals surface area contributed by atoms with Gasteiger partial charge in [0.2, 0.25) is 5.91 Å². The number of hydrogen-bond acceptors (Lipinski definition) is 4. The molecular formula is C14H25N3O3. The van der Waals surface area contributed by atoms with E-state index >= 15 is 0 Å². The van der Waals surface area contributed by atoms with Crippen LogP contribution in [-0.4, -0.2) is 40.6 Å². The van der Waals surface area contributed by atoms with Crippen LogP contribution in [-0.2, 0) is 9.53 Å². The number of carbonyl (C=O) groups is 2. The molecule has 3 atom stereocenters. The summed E-state index contributed by atoms with van der Waals surface area (Å²) in [5, 5.41) is 0. The predicted octanol–water partition coefficient (Wildman–Crippen LogP) is 0.979. The molecule has 1 aliphatic carbocycles. The van der Waals surface area contributed by atoms with Crippen LogP contribution < -0.4 is 11.5 Å². The molecule has 2 amide bonds. The lowest BCUT2D eigenvalue weighted by Gasteiger charge is -2.37. The van der Waals surface area contributed by atoms with Crippen LogP contribution in [0.1, 0.15) is 46.5 Å². The minimum Gasteiger partial charge on any atom is -0.444 e. The van der Waals surface area contributed by atoms with Crippen LogP contribution >= 0.6 is 0 Å². The van der Waals surface area contributed by atoms with Gasteiger partial charge >= 0.3 is 6.09 Å². The normalized spacial score (nSPS) is 33.1. The molecular weight excluding hydrogens is 258 g/mol. The van der Waals surface area contributed by atoms with Gasteiger partial charge in [-0.2, -0.15) is 0 Å². The van der Waals surface area contributed by atoms with Gasteiger partial charge in [-0.3, -0.25) is 4.79 Å². The van der Waals surface area contributed by atoms with Crippen LogP contribution in [0.15, 0.2) is 0 Å². The summed E-state index contributed by atoms with van der Waals surface area (Å²) in [6, 6.07) is 0.0629. The topological polar surface area (TPSA) is 98.7 Å². The van der Waals surface area contributed by atoms with E-state index in [-0.39, 0.29) is 24.5 Å². The van der Waals surface area contributed by atoms with Crippen LogP contribution in [0, 0.1) is 5.92 Å². The second kappa shape index (κ2) is 4.91. The lowest BCUT2D eigenvalue weighted by molar-refractivity contribution is -0.119. The van der Waals surface area contributed by atoms with Crippen LogP contribution in [0.5, 0.6) is 0 Å². The van der Waals surface area contributed by atoms with Crippen LogP contribution in [0.3, 0.4) is 0 Å². The van der Waals surface area contributed by atoms with Crippen molar-refractivity contribution in [1.29, 1.82) is 0 Å². The van der Waals surface area contributed by atoms with Crippen molar-refractivity contribution in [2.24, 2.45) is 17.4 Å². The van der Waals surface area contributed by atoms with E-state index in [4.69, 9.17) is 16.2 Å². The fourth-order valence-electron chi connectivity index (χ4n) is 3.52. The number of nitrogens with two attached hydrogens (primary N) is 2. The Kier molecular flexibility index (Phi) is 3.71. The zero-order valence-electron chi connectivity index (χ0n) is 12.5. The third-order valence-corrected chi connectivity index (χ3v) is 3.99. The highest BCUT2D eigenvalue weighted by Crippen LogP contribution is 2.41. The van der Waals surface area contributed by atoms with E-state index in [2.05, 4.69) is 0 Å². The summed E-state index contributed by atoms with van der Waals surface area (Å²) in [6.07, 6.45) is 2.20. The summed E-state index contributed by atoms with van der Waals surface area (Å²) in [5.41, 5.74) is 10.5. The quantitative estimate of drug-likeness (QED) is 0.789. The molecule has 0 aromatic rings. The molecule has 0 aromatic carbocycles. The van der Waals surface area contributed by atoms with Gasteiger partial charge in [0.25, 0.3) is 0 Å². The van der Waals surface area contributed by atoms with Gasteiger partial charge in [0.05, 0.1) is 0 Å². The molecule has 3 unspecified atom stereocenters. The molecule has 6 nitrogen and oxygen atoms in total. The number of amides is 2. The number of carbonyl (C=O) groups excluding carboxylic acids is 2. The summed E-state index contributed by atoms with van der Waals surface area (Å²) < 4.78 is 5.43. The maximum Gasteiger partial charge on any atom is 0.410 e. The summed E-state index contributed by atoms with van der Waals surface area (Å²) in [6.45, 7) is 6.23. The lowest BCUT2D eigenvalue weighted by Crippen LogP contribution is -2.50. The molecule has 1 saturated heterocycles. The van der Waals surface area contributed by atoms with Crippen molar-refractivity contribution in [1.82, 2.24) is 4.90 Å². The van der Waals surface area contributed by atoms with Crippen LogP contribution in [0.4, 0.5) is 4.79 Å². The highest BCUT2D eigenvalue weighted by Gasteiger charge is 2.48. The smallest absolute Gasteiger partial charge is 0.410 e. The summed E-state index contributed by atoms with van der Waals surface area (Å²) in [4.78, 5) is 25.1. The number of likely N-dealkylation sites (tertiary alicyclic amines) is 1. The standard InChI is InChI=1S/C14H25N3O3/c1-13(2,3)20-12(19)17-8-9-4-10(17)6-14(16,5-9)7-11(15)18/h9-10H,4-8,16H2,1-3H3,(H2,15,18). The maximum absolute atomic E-state index is 12.2. The van der Waals surface area contributed by atoms with Gasteiger partial charge in [-0.1, -0.05) is 0 Å². The van der Waals surface area contributed by atoms with E-state index in [1.165, 1.54) is 0 Å². The monoisotopic (exact) mass is 283 g/mol.